The molecule has 1 aliphatic heterocycles. The molecule has 2 aromatic rings. The lowest BCUT2D eigenvalue weighted by atomic mass is 10.1. The Morgan fingerprint density at radius 3 is 2.17 bits per heavy atom. The third kappa shape index (κ3) is 5.06. The van der Waals surface area contributed by atoms with Crippen molar-refractivity contribution < 1.29 is 27.8 Å². The highest BCUT2D eigenvalue weighted by Gasteiger charge is 2.24. The molecule has 1 saturated heterocycles. The summed E-state index contributed by atoms with van der Waals surface area (Å²) in [5.74, 6) is -0.144. The maximum absolute atomic E-state index is 12.9. The van der Waals surface area contributed by atoms with E-state index in [-0.39, 0.29) is 29.8 Å². The summed E-state index contributed by atoms with van der Waals surface area (Å²) in [5.41, 5.74) is 2.02. The van der Waals surface area contributed by atoms with Crippen LogP contribution in [0.5, 0.6) is 11.5 Å². The Kier molecular flexibility index (Phi) is 6.87. The molecule has 8 heteroatoms. The molecule has 1 fully saturated rings. The van der Waals surface area contributed by atoms with Gasteiger partial charge in [0.15, 0.2) is 17.3 Å². The lowest BCUT2D eigenvalue weighted by Gasteiger charge is -2.36. The van der Waals surface area contributed by atoms with Gasteiger partial charge in [-0.05, 0) is 56.3 Å². The number of benzene rings is 2. The molecular weight excluding hydrogens is 394 g/mol. The van der Waals surface area contributed by atoms with Crippen LogP contribution in [0.3, 0.4) is 0 Å². The van der Waals surface area contributed by atoms with Crippen molar-refractivity contribution in [1.29, 1.82) is 0 Å². The van der Waals surface area contributed by atoms with Crippen molar-refractivity contribution in [2.45, 2.75) is 20.5 Å². The van der Waals surface area contributed by atoms with E-state index in [0.717, 1.165) is 5.69 Å². The van der Waals surface area contributed by atoms with Gasteiger partial charge in [-0.25, -0.2) is 0 Å². The zero-order chi connectivity index (χ0) is 21.7. The van der Waals surface area contributed by atoms with E-state index < -0.39 is 6.61 Å². The van der Waals surface area contributed by atoms with E-state index in [1.807, 2.05) is 12.1 Å². The van der Waals surface area contributed by atoms with Crippen molar-refractivity contribution in [3.8, 4) is 11.5 Å². The monoisotopic (exact) mass is 418 g/mol. The van der Waals surface area contributed by atoms with Crippen molar-refractivity contribution in [1.82, 2.24) is 4.90 Å². The highest BCUT2D eigenvalue weighted by molar-refractivity contribution is 5.95. The van der Waals surface area contributed by atoms with Gasteiger partial charge in [-0.2, -0.15) is 8.78 Å². The summed E-state index contributed by atoms with van der Waals surface area (Å²) >= 11 is 0. The van der Waals surface area contributed by atoms with Crippen molar-refractivity contribution >= 4 is 17.4 Å². The molecule has 2 aromatic carbocycles. The summed E-state index contributed by atoms with van der Waals surface area (Å²) in [7, 11) is 0. The van der Waals surface area contributed by atoms with E-state index >= 15 is 0 Å². The number of amides is 1. The Labute approximate surface area is 174 Å². The Morgan fingerprint density at radius 1 is 0.967 bits per heavy atom. The number of piperazine rings is 1. The van der Waals surface area contributed by atoms with Gasteiger partial charge in [0, 0.05) is 43.0 Å². The van der Waals surface area contributed by atoms with Crippen LogP contribution in [0.25, 0.3) is 0 Å². The molecule has 0 aliphatic carbocycles. The number of carbonyl (C=O) groups excluding carboxylic acids is 2. The van der Waals surface area contributed by atoms with Gasteiger partial charge >= 0.3 is 6.61 Å². The lowest BCUT2D eigenvalue weighted by molar-refractivity contribution is -0.0514. The summed E-state index contributed by atoms with van der Waals surface area (Å²) in [4.78, 5) is 28.2. The first-order valence-electron chi connectivity index (χ1n) is 9.76. The number of nitrogens with zero attached hydrogens (tertiary/aromatic N) is 2. The first kappa shape index (κ1) is 21.5. The van der Waals surface area contributed by atoms with Crippen LogP contribution in [0.4, 0.5) is 14.5 Å². The van der Waals surface area contributed by atoms with E-state index in [2.05, 4.69) is 9.64 Å². The smallest absolute Gasteiger partial charge is 0.387 e. The second kappa shape index (κ2) is 9.56. The standard InChI is InChI=1S/C22H24F2N2O4/c1-3-29-20-14-17(6-9-19(20)30-22(23)24)21(28)26-12-10-25(11-13-26)18-7-4-16(5-8-18)15(2)27/h4-9,14,22H,3,10-13H2,1-2H3. The number of hydrogen-bond donors (Lipinski definition) is 0. The van der Waals surface area contributed by atoms with Crippen LogP contribution in [0.1, 0.15) is 34.6 Å². The van der Waals surface area contributed by atoms with E-state index in [0.29, 0.717) is 37.3 Å². The van der Waals surface area contributed by atoms with E-state index in [4.69, 9.17) is 4.74 Å². The molecule has 1 amide bonds. The summed E-state index contributed by atoms with van der Waals surface area (Å²) in [5, 5.41) is 0. The van der Waals surface area contributed by atoms with Crippen LogP contribution in [0, 0.1) is 0 Å². The molecule has 0 unspecified atom stereocenters. The van der Waals surface area contributed by atoms with Gasteiger partial charge in [-0.3, -0.25) is 9.59 Å². The van der Waals surface area contributed by atoms with Crippen molar-refractivity contribution in [2.24, 2.45) is 0 Å². The predicted molar refractivity (Wildman–Crippen MR) is 109 cm³/mol. The van der Waals surface area contributed by atoms with Crippen molar-refractivity contribution in [3.63, 3.8) is 0 Å². The summed E-state index contributed by atoms with van der Waals surface area (Å²) in [6.07, 6.45) is 0. The topological polar surface area (TPSA) is 59.1 Å². The molecule has 160 valence electrons. The highest BCUT2D eigenvalue weighted by atomic mass is 19.3. The number of hydrogen-bond acceptors (Lipinski definition) is 5. The molecule has 3 rings (SSSR count). The van der Waals surface area contributed by atoms with Crippen LogP contribution >= 0.6 is 0 Å². The zero-order valence-electron chi connectivity index (χ0n) is 16.9. The number of halogens is 2. The average molecular weight is 418 g/mol. The largest absolute Gasteiger partial charge is 0.490 e. The van der Waals surface area contributed by atoms with Gasteiger partial charge in [0.2, 0.25) is 0 Å². The van der Waals surface area contributed by atoms with Gasteiger partial charge in [-0.1, -0.05) is 0 Å². The Balaban J connectivity index is 1.65. The second-order valence-corrected chi connectivity index (χ2v) is 6.86. The normalized spacial score (nSPS) is 14.0. The molecule has 6 nitrogen and oxygen atoms in total. The van der Waals surface area contributed by atoms with Gasteiger partial charge < -0.3 is 19.3 Å². The minimum atomic E-state index is -2.97. The van der Waals surface area contributed by atoms with E-state index in [9.17, 15) is 18.4 Å². The molecule has 0 atom stereocenters. The van der Waals surface area contributed by atoms with Gasteiger partial charge in [-0.15, -0.1) is 0 Å². The molecule has 0 bridgehead atoms. The fourth-order valence-electron chi connectivity index (χ4n) is 3.36. The van der Waals surface area contributed by atoms with Crippen molar-refractivity contribution in [3.05, 3.63) is 53.6 Å². The van der Waals surface area contributed by atoms with Gasteiger partial charge in [0.05, 0.1) is 6.61 Å². The van der Waals surface area contributed by atoms with Crippen LogP contribution < -0.4 is 14.4 Å². The molecule has 1 aliphatic rings. The first-order chi connectivity index (χ1) is 14.4. The Bertz CT molecular complexity index is 895. The van der Waals surface area contributed by atoms with Crippen molar-refractivity contribution in [2.75, 3.05) is 37.7 Å². The summed E-state index contributed by atoms with van der Waals surface area (Å²) in [6, 6.07) is 11.7. The number of carbonyl (C=O) groups is 2. The Hall–Kier alpha value is -3.16. The summed E-state index contributed by atoms with van der Waals surface area (Å²) in [6.45, 7) is 2.89. The number of ketones is 1. The van der Waals surface area contributed by atoms with E-state index in [1.54, 1.807) is 24.0 Å². The Morgan fingerprint density at radius 2 is 1.60 bits per heavy atom. The fourth-order valence-corrected chi connectivity index (χ4v) is 3.36. The number of alkyl halides is 2. The fraction of sp³-hybridized carbons (Fsp3) is 0.364. The number of anilines is 1. The second-order valence-electron chi connectivity index (χ2n) is 6.86. The molecule has 0 N–H and O–H groups in total. The van der Waals surface area contributed by atoms with Gasteiger partial charge in [0.25, 0.3) is 5.91 Å². The average Bonchev–Trinajstić information content (AvgIpc) is 2.74. The predicted octanol–water partition coefficient (Wildman–Crippen LogP) is 3.85. The van der Waals surface area contributed by atoms with E-state index in [1.165, 1.54) is 25.1 Å². The number of Topliss-reactive ketones (excluding diaryl/α,β-unsaturated/α-hetero) is 1. The number of ether oxygens (including phenoxy) is 2. The van der Waals surface area contributed by atoms with Crippen LogP contribution in [0.15, 0.2) is 42.5 Å². The zero-order valence-corrected chi connectivity index (χ0v) is 16.9. The van der Waals surface area contributed by atoms with Crippen LogP contribution in [0.2, 0.25) is 0 Å². The molecule has 30 heavy (non-hydrogen) atoms. The molecule has 1 heterocycles. The molecular formula is C22H24F2N2O4. The maximum atomic E-state index is 12.9. The first-order valence-corrected chi connectivity index (χ1v) is 9.76. The van der Waals surface area contributed by atoms with Gasteiger partial charge in [0.1, 0.15) is 0 Å². The highest BCUT2D eigenvalue weighted by Crippen LogP contribution is 2.30. The minimum Gasteiger partial charge on any atom is -0.490 e. The third-order valence-corrected chi connectivity index (χ3v) is 4.91. The molecule has 0 aromatic heterocycles. The maximum Gasteiger partial charge on any atom is 0.387 e. The molecule has 0 spiro atoms. The van der Waals surface area contributed by atoms with Crippen LogP contribution in [-0.4, -0.2) is 56.0 Å². The molecule has 0 radical (unpaired) electrons. The molecule has 0 saturated carbocycles. The quantitative estimate of drug-likeness (QED) is 0.640. The SMILES string of the molecule is CCOc1cc(C(=O)N2CCN(c3ccc(C(C)=O)cc3)CC2)ccc1OC(F)F. The summed E-state index contributed by atoms with van der Waals surface area (Å²) < 4.78 is 34.9. The number of rotatable bonds is 7. The minimum absolute atomic E-state index is 0.0216. The lowest BCUT2D eigenvalue weighted by Crippen LogP contribution is -2.48. The third-order valence-electron chi connectivity index (χ3n) is 4.91. The van der Waals surface area contributed by atoms with Crippen LogP contribution in [-0.2, 0) is 0 Å².